The van der Waals surface area contributed by atoms with Crippen molar-refractivity contribution < 1.29 is 19.1 Å². The number of carbonyl (C=O) groups excluding carboxylic acids is 3. The summed E-state index contributed by atoms with van der Waals surface area (Å²) in [6, 6.07) is 26.4. The summed E-state index contributed by atoms with van der Waals surface area (Å²) in [5.74, 6) is -1.96. The fourth-order valence-corrected chi connectivity index (χ4v) is 2.95. The molecule has 0 aliphatic rings. The molecule has 3 aromatic rings. The van der Waals surface area contributed by atoms with Crippen molar-refractivity contribution in [3.05, 3.63) is 102 Å². The van der Waals surface area contributed by atoms with E-state index >= 15 is 0 Å². The molecular formula is C24H22N2O4. The lowest BCUT2D eigenvalue weighted by atomic mass is 9.91. The Hall–Kier alpha value is -3.93. The lowest BCUT2D eigenvalue weighted by Crippen LogP contribution is -2.42. The molecule has 0 saturated carbocycles. The lowest BCUT2D eigenvalue weighted by molar-refractivity contribution is -0.155. The van der Waals surface area contributed by atoms with Crippen molar-refractivity contribution in [3.63, 3.8) is 0 Å². The Morgan fingerprint density at radius 1 is 0.733 bits per heavy atom. The van der Waals surface area contributed by atoms with Gasteiger partial charge in [0.1, 0.15) is 5.92 Å². The first-order chi connectivity index (χ1) is 14.5. The van der Waals surface area contributed by atoms with Crippen LogP contribution in [-0.2, 0) is 14.3 Å². The Labute approximate surface area is 174 Å². The van der Waals surface area contributed by atoms with Gasteiger partial charge in [0.05, 0.1) is 0 Å². The number of esters is 1. The second kappa shape index (κ2) is 10.0. The first-order valence-electron chi connectivity index (χ1n) is 9.52. The smallest absolute Gasteiger partial charge is 0.325 e. The van der Waals surface area contributed by atoms with Crippen molar-refractivity contribution in [2.75, 3.05) is 5.32 Å². The summed E-state index contributed by atoms with van der Waals surface area (Å²) in [6.07, 6.45) is -1.14. The maximum absolute atomic E-state index is 12.9. The number of ether oxygens (including phenoxy) is 1. The van der Waals surface area contributed by atoms with Gasteiger partial charge in [0.15, 0.2) is 6.10 Å². The predicted molar refractivity (Wildman–Crippen MR) is 114 cm³/mol. The van der Waals surface area contributed by atoms with Gasteiger partial charge in [0.25, 0.3) is 5.91 Å². The fraction of sp³-hybridized carbons (Fsp3) is 0.125. The summed E-state index contributed by atoms with van der Waals surface area (Å²) in [5, 5.41) is 4.73. The van der Waals surface area contributed by atoms with E-state index in [1.54, 1.807) is 24.3 Å². The molecule has 1 unspecified atom stereocenters. The van der Waals surface area contributed by atoms with Crippen molar-refractivity contribution in [3.8, 4) is 0 Å². The van der Waals surface area contributed by atoms with Crippen molar-refractivity contribution in [1.29, 1.82) is 0 Å². The van der Waals surface area contributed by atoms with E-state index in [0.717, 1.165) is 11.1 Å². The summed E-state index contributed by atoms with van der Waals surface area (Å²) in [6.45, 7) is 1.43. The molecule has 0 heterocycles. The third-order valence-electron chi connectivity index (χ3n) is 4.43. The molecule has 0 saturated heterocycles. The quantitative estimate of drug-likeness (QED) is 0.608. The molecule has 3 aromatic carbocycles. The largest absolute Gasteiger partial charge is 0.452 e. The van der Waals surface area contributed by atoms with Gasteiger partial charge < -0.3 is 10.1 Å². The molecule has 6 nitrogen and oxygen atoms in total. The van der Waals surface area contributed by atoms with Crippen LogP contribution in [0, 0.1) is 0 Å². The van der Waals surface area contributed by atoms with E-state index in [1.165, 1.54) is 6.92 Å². The monoisotopic (exact) mass is 402 g/mol. The van der Waals surface area contributed by atoms with Crippen LogP contribution in [0.15, 0.2) is 91.0 Å². The molecule has 0 aliphatic heterocycles. The molecule has 0 bridgehead atoms. The molecule has 152 valence electrons. The molecule has 0 aromatic heterocycles. The average molecular weight is 402 g/mol. The number of para-hydroxylation sites is 1. The summed E-state index contributed by atoms with van der Waals surface area (Å²) >= 11 is 0. The van der Waals surface area contributed by atoms with Gasteiger partial charge in [0, 0.05) is 5.69 Å². The summed E-state index contributed by atoms with van der Waals surface area (Å²) < 4.78 is 5.40. The Morgan fingerprint density at radius 2 is 1.20 bits per heavy atom. The number of urea groups is 1. The molecule has 0 fully saturated rings. The van der Waals surface area contributed by atoms with Crippen LogP contribution in [-0.4, -0.2) is 24.0 Å². The van der Waals surface area contributed by atoms with Gasteiger partial charge in [-0.25, -0.2) is 4.79 Å². The molecule has 0 radical (unpaired) electrons. The third kappa shape index (κ3) is 5.54. The normalized spacial score (nSPS) is 11.4. The van der Waals surface area contributed by atoms with Crippen LogP contribution in [0.1, 0.15) is 24.0 Å². The number of hydrogen-bond acceptors (Lipinski definition) is 4. The molecular weight excluding hydrogens is 380 g/mol. The molecule has 3 amide bonds. The molecule has 0 spiro atoms. The van der Waals surface area contributed by atoms with Gasteiger partial charge in [-0.3, -0.25) is 14.9 Å². The van der Waals surface area contributed by atoms with E-state index in [2.05, 4.69) is 10.6 Å². The third-order valence-corrected chi connectivity index (χ3v) is 4.43. The van der Waals surface area contributed by atoms with Crippen molar-refractivity contribution in [2.45, 2.75) is 18.9 Å². The minimum Gasteiger partial charge on any atom is -0.452 e. The SMILES string of the molecule is CC(OC(=O)C(c1ccccc1)c1ccccc1)C(=O)NC(=O)Nc1ccccc1. The average Bonchev–Trinajstić information content (AvgIpc) is 2.76. The molecule has 2 N–H and O–H groups in total. The van der Waals surface area contributed by atoms with E-state index in [1.807, 2.05) is 66.7 Å². The Balaban J connectivity index is 1.66. The van der Waals surface area contributed by atoms with E-state index in [4.69, 9.17) is 4.74 Å². The zero-order chi connectivity index (χ0) is 21.3. The number of anilines is 1. The predicted octanol–water partition coefficient (Wildman–Crippen LogP) is 4.10. The first kappa shape index (κ1) is 20.8. The van der Waals surface area contributed by atoms with E-state index < -0.39 is 29.9 Å². The van der Waals surface area contributed by atoms with Crippen molar-refractivity contribution >= 4 is 23.6 Å². The first-order valence-corrected chi connectivity index (χ1v) is 9.52. The molecule has 1 atom stereocenters. The van der Waals surface area contributed by atoms with E-state index in [-0.39, 0.29) is 0 Å². The number of benzene rings is 3. The number of hydrogen-bond donors (Lipinski definition) is 2. The highest BCUT2D eigenvalue weighted by molar-refractivity contribution is 6.03. The minimum absolute atomic E-state index is 0.542. The Bertz CT molecular complexity index is 952. The maximum Gasteiger partial charge on any atom is 0.325 e. The number of nitrogens with one attached hydrogen (secondary N) is 2. The second-order valence-corrected chi connectivity index (χ2v) is 6.64. The van der Waals surface area contributed by atoms with Crippen LogP contribution in [0.4, 0.5) is 10.5 Å². The zero-order valence-electron chi connectivity index (χ0n) is 16.4. The zero-order valence-corrected chi connectivity index (χ0v) is 16.4. The van der Waals surface area contributed by atoms with Crippen LogP contribution in [0.25, 0.3) is 0 Å². The van der Waals surface area contributed by atoms with Gasteiger partial charge in [0.2, 0.25) is 0 Å². The summed E-state index contributed by atoms with van der Waals surface area (Å²) in [7, 11) is 0. The lowest BCUT2D eigenvalue weighted by Gasteiger charge is -2.20. The highest BCUT2D eigenvalue weighted by Gasteiger charge is 2.28. The minimum atomic E-state index is -1.14. The van der Waals surface area contributed by atoms with Crippen LogP contribution in [0.3, 0.4) is 0 Å². The number of imide groups is 1. The molecule has 6 heteroatoms. The molecule has 30 heavy (non-hydrogen) atoms. The van der Waals surface area contributed by atoms with Gasteiger partial charge in [-0.05, 0) is 30.2 Å². The second-order valence-electron chi connectivity index (χ2n) is 6.64. The topological polar surface area (TPSA) is 84.5 Å². The molecule has 0 aliphatic carbocycles. The Morgan fingerprint density at radius 3 is 1.70 bits per heavy atom. The van der Waals surface area contributed by atoms with Crippen LogP contribution in [0.5, 0.6) is 0 Å². The van der Waals surface area contributed by atoms with Crippen LogP contribution < -0.4 is 10.6 Å². The molecule has 3 rings (SSSR count). The number of carbonyl (C=O) groups is 3. The highest BCUT2D eigenvalue weighted by Crippen LogP contribution is 2.26. The maximum atomic E-state index is 12.9. The highest BCUT2D eigenvalue weighted by atomic mass is 16.5. The fourth-order valence-electron chi connectivity index (χ4n) is 2.95. The summed E-state index contributed by atoms with van der Waals surface area (Å²) in [5.41, 5.74) is 2.05. The van der Waals surface area contributed by atoms with Gasteiger partial charge in [-0.2, -0.15) is 0 Å². The van der Waals surface area contributed by atoms with Gasteiger partial charge in [-0.1, -0.05) is 78.9 Å². The summed E-state index contributed by atoms with van der Waals surface area (Å²) in [4.78, 5) is 37.3. The van der Waals surface area contributed by atoms with Gasteiger partial charge >= 0.3 is 12.0 Å². The van der Waals surface area contributed by atoms with Gasteiger partial charge in [-0.15, -0.1) is 0 Å². The van der Waals surface area contributed by atoms with Crippen molar-refractivity contribution in [2.24, 2.45) is 0 Å². The standard InChI is InChI=1S/C24H22N2O4/c1-17(22(27)26-24(29)25-20-15-9-4-10-16-20)30-23(28)21(18-11-5-2-6-12-18)19-13-7-3-8-14-19/h2-17,21H,1H3,(H2,25,26,27,29). The Kier molecular flexibility index (Phi) is 6.95. The number of rotatable bonds is 6. The van der Waals surface area contributed by atoms with E-state index in [0.29, 0.717) is 5.69 Å². The van der Waals surface area contributed by atoms with Crippen LogP contribution >= 0.6 is 0 Å². The van der Waals surface area contributed by atoms with E-state index in [9.17, 15) is 14.4 Å². The number of amides is 3. The van der Waals surface area contributed by atoms with Crippen LogP contribution in [0.2, 0.25) is 0 Å². The van der Waals surface area contributed by atoms with Crippen molar-refractivity contribution in [1.82, 2.24) is 5.32 Å².